The third-order valence-corrected chi connectivity index (χ3v) is 8.50. The number of nitrogens with zero attached hydrogens (tertiary/aromatic N) is 1. The Kier molecular flexibility index (Phi) is 5.00. The first kappa shape index (κ1) is 20.3. The fourth-order valence-electron chi connectivity index (χ4n) is 7.11. The zero-order valence-electron chi connectivity index (χ0n) is 19.1. The lowest BCUT2D eigenvalue weighted by molar-refractivity contribution is -0.0549. The monoisotopic (exact) mass is 426 g/mol. The van der Waals surface area contributed by atoms with E-state index < -0.39 is 0 Å². The minimum absolute atomic E-state index is 0.100. The molecule has 2 fully saturated rings. The maximum absolute atomic E-state index is 11.1. The van der Waals surface area contributed by atoms with Gasteiger partial charge in [-0.3, -0.25) is 4.90 Å². The number of piperidine rings is 1. The highest BCUT2D eigenvalue weighted by molar-refractivity contribution is 5.85. The van der Waals surface area contributed by atoms with E-state index in [1.807, 2.05) is 0 Å². The molecule has 2 N–H and O–H groups in total. The van der Waals surface area contributed by atoms with Crippen LogP contribution in [0.2, 0.25) is 0 Å². The second kappa shape index (κ2) is 7.90. The van der Waals surface area contributed by atoms with Crippen LogP contribution < -0.4 is 0 Å². The minimum Gasteiger partial charge on any atom is -0.389 e. The second-order valence-corrected chi connectivity index (χ2v) is 10.3. The number of para-hydroxylation sites is 1. The smallest absolute Gasteiger partial charge is 0.0756 e. The number of aliphatic hydroxyl groups is 1. The average Bonchev–Trinajstić information content (AvgIpc) is 3.19. The van der Waals surface area contributed by atoms with E-state index in [9.17, 15) is 5.11 Å². The summed E-state index contributed by atoms with van der Waals surface area (Å²) in [7, 11) is 0. The van der Waals surface area contributed by atoms with Crippen LogP contribution in [0, 0.1) is 11.8 Å². The molecular formula is C29H34N2O. The number of hydrogen-bond acceptors (Lipinski definition) is 2. The second-order valence-electron chi connectivity index (χ2n) is 10.3. The zero-order chi connectivity index (χ0) is 21.7. The van der Waals surface area contributed by atoms with E-state index >= 15 is 0 Å². The molecule has 3 aromatic rings. The molecule has 0 amide bonds. The molecule has 32 heavy (non-hydrogen) atoms. The predicted molar refractivity (Wildman–Crippen MR) is 131 cm³/mol. The van der Waals surface area contributed by atoms with Gasteiger partial charge in [-0.2, -0.15) is 0 Å². The highest BCUT2D eigenvalue weighted by Crippen LogP contribution is 2.53. The summed E-state index contributed by atoms with van der Waals surface area (Å²) in [4.78, 5) is 6.69. The molecule has 3 nitrogen and oxygen atoms in total. The Morgan fingerprint density at radius 3 is 2.75 bits per heavy atom. The molecule has 1 saturated heterocycles. The van der Waals surface area contributed by atoms with Crippen molar-refractivity contribution in [1.82, 2.24) is 9.88 Å². The van der Waals surface area contributed by atoms with E-state index in [4.69, 9.17) is 0 Å². The van der Waals surface area contributed by atoms with Crippen molar-refractivity contribution in [2.24, 2.45) is 11.8 Å². The van der Waals surface area contributed by atoms with Crippen LogP contribution in [-0.4, -0.2) is 34.2 Å². The number of aromatic nitrogens is 1. The summed E-state index contributed by atoms with van der Waals surface area (Å²) in [6.45, 7) is 4.63. The molecule has 3 heterocycles. The average molecular weight is 427 g/mol. The summed E-state index contributed by atoms with van der Waals surface area (Å²) in [5.74, 6) is 1.22. The number of rotatable bonds is 3. The normalized spacial score (nSPS) is 31.3. The molecule has 2 aliphatic heterocycles. The van der Waals surface area contributed by atoms with Gasteiger partial charge in [0.05, 0.1) is 11.6 Å². The van der Waals surface area contributed by atoms with E-state index in [-0.39, 0.29) is 11.6 Å². The summed E-state index contributed by atoms with van der Waals surface area (Å²) in [6.07, 6.45) is 8.53. The van der Waals surface area contributed by atoms with E-state index in [1.54, 1.807) is 5.56 Å². The lowest BCUT2D eigenvalue weighted by Crippen LogP contribution is -2.59. The van der Waals surface area contributed by atoms with Crippen molar-refractivity contribution in [3.63, 3.8) is 0 Å². The molecule has 4 atom stereocenters. The molecule has 0 radical (unpaired) electrons. The van der Waals surface area contributed by atoms with Gasteiger partial charge < -0.3 is 10.1 Å². The van der Waals surface area contributed by atoms with Crippen LogP contribution in [0.15, 0.2) is 60.2 Å². The van der Waals surface area contributed by atoms with Gasteiger partial charge in [0.15, 0.2) is 0 Å². The van der Waals surface area contributed by atoms with Crippen molar-refractivity contribution in [1.29, 1.82) is 0 Å². The summed E-state index contributed by atoms with van der Waals surface area (Å²) in [6, 6.07) is 19.3. The quantitative estimate of drug-likeness (QED) is 0.548. The molecule has 0 spiro atoms. The van der Waals surface area contributed by atoms with Gasteiger partial charge in [0.2, 0.25) is 0 Å². The topological polar surface area (TPSA) is 39.3 Å². The largest absolute Gasteiger partial charge is 0.389 e. The van der Waals surface area contributed by atoms with Gasteiger partial charge in [0.1, 0.15) is 0 Å². The zero-order valence-corrected chi connectivity index (χ0v) is 19.1. The molecule has 3 heteroatoms. The van der Waals surface area contributed by atoms with Crippen molar-refractivity contribution < 1.29 is 5.11 Å². The summed E-state index contributed by atoms with van der Waals surface area (Å²) in [5.41, 5.74) is 6.84. The molecule has 1 aliphatic carbocycles. The molecule has 166 valence electrons. The Morgan fingerprint density at radius 1 is 1.09 bits per heavy atom. The van der Waals surface area contributed by atoms with Crippen LogP contribution in [0.5, 0.6) is 0 Å². The summed E-state index contributed by atoms with van der Waals surface area (Å²) >= 11 is 0. The standard InChI is InChI=1S/C29H34N2O/c1-2-13-29-18-22-17-27(32)21(15-20-8-4-3-5-9-20)16-23(22)19-31(29)14-12-25-24-10-6-7-11-26(24)30-28(25)29/h3-11,15,22-23,27,30,32H,2,12-14,16-19H2,1H3/b21-15+/t22-,23-,27-,29-/m0/s1. The van der Waals surface area contributed by atoms with Gasteiger partial charge in [-0.15, -0.1) is 0 Å². The van der Waals surface area contributed by atoms with E-state index in [0.29, 0.717) is 11.8 Å². The maximum atomic E-state index is 11.1. The molecule has 6 rings (SSSR count). The van der Waals surface area contributed by atoms with Crippen LogP contribution in [-0.2, 0) is 12.0 Å². The van der Waals surface area contributed by atoms with Crippen molar-refractivity contribution in [3.8, 4) is 0 Å². The van der Waals surface area contributed by atoms with Gasteiger partial charge in [-0.25, -0.2) is 0 Å². The Bertz CT molecular complexity index is 1150. The lowest BCUT2D eigenvalue weighted by atomic mass is 9.63. The number of H-pyrrole nitrogens is 1. The molecule has 1 aromatic heterocycles. The third kappa shape index (κ3) is 3.17. The Morgan fingerprint density at radius 2 is 1.91 bits per heavy atom. The Labute approximate surface area is 191 Å². The molecule has 0 unspecified atom stereocenters. The first-order valence-corrected chi connectivity index (χ1v) is 12.5. The van der Waals surface area contributed by atoms with Crippen molar-refractivity contribution in [2.75, 3.05) is 13.1 Å². The van der Waals surface area contributed by atoms with Crippen LogP contribution in [0.1, 0.15) is 55.8 Å². The lowest BCUT2D eigenvalue weighted by Gasteiger charge is -2.56. The minimum atomic E-state index is -0.313. The SMILES string of the molecule is CCC[C@@]12C[C@@H]3C[C@H](O)/C(=C/c4ccccc4)C[C@H]3CN1CCc1c2[nH]c2ccccc12. The highest BCUT2D eigenvalue weighted by atomic mass is 16.3. The highest BCUT2D eigenvalue weighted by Gasteiger charge is 2.51. The molecule has 0 bridgehead atoms. The Hall–Kier alpha value is -2.36. The van der Waals surface area contributed by atoms with Gasteiger partial charge in [-0.05, 0) is 66.7 Å². The van der Waals surface area contributed by atoms with Crippen molar-refractivity contribution in [2.45, 2.75) is 57.1 Å². The van der Waals surface area contributed by atoms with E-state index in [1.165, 1.54) is 47.0 Å². The van der Waals surface area contributed by atoms with Crippen LogP contribution in [0.3, 0.4) is 0 Å². The maximum Gasteiger partial charge on any atom is 0.0756 e. The van der Waals surface area contributed by atoms with Crippen molar-refractivity contribution in [3.05, 3.63) is 77.0 Å². The number of hydrogen-bond donors (Lipinski definition) is 2. The van der Waals surface area contributed by atoms with Gasteiger partial charge in [0.25, 0.3) is 0 Å². The number of benzene rings is 2. The van der Waals surface area contributed by atoms with Crippen LogP contribution in [0.25, 0.3) is 17.0 Å². The van der Waals surface area contributed by atoms with Crippen LogP contribution in [0.4, 0.5) is 0 Å². The molecule has 3 aliphatic rings. The van der Waals surface area contributed by atoms with E-state index in [0.717, 1.165) is 32.4 Å². The van der Waals surface area contributed by atoms with Gasteiger partial charge >= 0.3 is 0 Å². The first-order valence-electron chi connectivity index (χ1n) is 12.5. The fraction of sp³-hybridized carbons (Fsp3) is 0.448. The Balaban J connectivity index is 1.35. The summed E-state index contributed by atoms with van der Waals surface area (Å²) < 4.78 is 0. The van der Waals surface area contributed by atoms with Gasteiger partial charge in [0, 0.05) is 29.7 Å². The van der Waals surface area contributed by atoms with Crippen LogP contribution >= 0.6 is 0 Å². The molecule has 1 saturated carbocycles. The van der Waals surface area contributed by atoms with Gasteiger partial charge in [-0.1, -0.05) is 68.0 Å². The number of nitrogens with one attached hydrogen (secondary N) is 1. The third-order valence-electron chi connectivity index (χ3n) is 8.50. The number of fused-ring (bicyclic) bond motifs is 6. The fourth-order valence-corrected chi connectivity index (χ4v) is 7.11. The number of aromatic amines is 1. The van der Waals surface area contributed by atoms with Crippen molar-refractivity contribution >= 4 is 17.0 Å². The molecular weight excluding hydrogens is 392 g/mol. The van der Waals surface area contributed by atoms with E-state index in [2.05, 4.69) is 77.5 Å². The predicted octanol–water partition coefficient (Wildman–Crippen LogP) is 5.90. The summed E-state index contributed by atoms with van der Waals surface area (Å²) in [5, 5.41) is 12.5. The number of aliphatic hydroxyl groups excluding tert-OH is 1. The molecule has 2 aromatic carbocycles. The first-order chi connectivity index (χ1) is 15.7.